The summed E-state index contributed by atoms with van der Waals surface area (Å²) >= 11 is 3.64. The molecule has 0 spiro atoms. The molecule has 2 atom stereocenters. The van der Waals surface area contributed by atoms with Crippen LogP contribution in [0.2, 0.25) is 0 Å². The molecule has 1 aromatic carbocycles. The lowest BCUT2D eigenvalue weighted by Crippen LogP contribution is -2.28. The molecule has 3 heteroatoms. The van der Waals surface area contributed by atoms with Gasteiger partial charge in [-0.15, -0.1) is 0 Å². The van der Waals surface area contributed by atoms with Crippen LogP contribution in [-0.2, 0) is 0 Å². The summed E-state index contributed by atoms with van der Waals surface area (Å²) in [5, 5.41) is 3.06. The van der Waals surface area contributed by atoms with E-state index >= 15 is 0 Å². The van der Waals surface area contributed by atoms with Gasteiger partial charge in [-0.25, -0.2) is 0 Å². The van der Waals surface area contributed by atoms with Crippen molar-refractivity contribution in [3.63, 3.8) is 0 Å². The van der Waals surface area contributed by atoms with E-state index in [9.17, 15) is 4.79 Å². The number of hydrogen-bond donors (Lipinski definition) is 1. The molecule has 0 radical (unpaired) electrons. The zero-order chi connectivity index (χ0) is 13.1. The fourth-order valence-electron chi connectivity index (χ4n) is 2.64. The lowest BCUT2D eigenvalue weighted by atomic mass is 10.1. The van der Waals surface area contributed by atoms with Gasteiger partial charge in [0.1, 0.15) is 0 Å². The van der Waals surface area contributed by atoms with E-state index in [1.807, 2.05) is 26.0 Å². The molecular formula is C15H20BrNO. The first-order chi connectivity index (χ1) is 8.54. The van der Waals surface area contributed by atoms with E-state index < -0.39 is 0 Å². The Bertz CT molecular complexity index is 424. The van der Waals surface area contributed by atoms with Gasteiger partial charge in [-0.05, 0) is 51.2 Å². The van der Waals surface area contributed by atoms with Crippen molar-refractivity contribution >= 4 is 21.8 Å². The van der Waals surface area contributed by atoms with Crippen molar-refractivity contribution in [2.24, 2.45) is 5.92 Å². The van der Waals surface area contributed by atoms with Crippen LogP contribution in [0.25, 0.3) is 0 Å². The van der Waals surface area contributed by atoms with Crippen molar-refractivity contribution in [2.45, 2.75) is 37.9 Å². The van der Waals surface area contributed by atoms with E-state index in [0.717, 1.165) is 23.2 Å². The number of halogens is 1. The number of carbonyl (C=O) groups excluding carboxylic acids is 1. The smallest absolute Gasteiger partial charge is 0.251 e. The quantitative estimate of drug-likeness (QED) is 0.849. The fraction of sp³-hybridized carbons (Fsp3) is 0.533. The summed E-state index contributed by atoms with van der Waals surface area (Å²) in [4.78, 5) is 12.7. The highest BCUT2D eigenvalue weighted by molar-refractivity contribution is 9.09. The molecule has 0 heterocycles. The SMILES string of the molecule is Cc1cc(C)cc(C(=O)NCC2CCC(Br)C2)c1. The van der Waals surface area contributed by atoms with Gasteiger partial charge >= 0.3 is 0 Å². The normalized spacial score (nSPS) is 23.1. The van der Waals surface area contributed by atoms with E-state index in [1.54, 1.807) is 0 Å². The van der Waals surface area contributed by atoms with Gasteiger partial charge in [0.05, 0.1) is 0 Å². The van der Waals surface area contributed by atoms with Crippen molar-refractivity contribution < 1.29 is 4.79 Å². The van der Waals surface area contributed by atoms with Gasteiger partial charge in [-0.3, -0.25) is 4.79 Å². The molecule has 0 aromatic heterocycles. The third-order valence-electron chi connectivity index (χ3n) is 3.51. The van der Waals surface area contributed by atoms with E-state index in [0.29, 0.717) is 10.7 Å². The maximum atomic E-state index is 12.1. The Morgan fingerprint density at radius 2 is 1.94 bits per heavy atom. The molecule has 2 nitrogen and oxygen atoms in total. The number of alkyl halides is 1. The Morgan fingerprint density at radius 1 is 1.28 bits per heavy atom. The largest absolute Gasteiger partial charge is 0.352 e. The summed E-state index contributed by atoms with van der Waals surface area (Å²) in [6.45, 7) is 4.85. The standard InChI is InChI=1S/C15H20BrNO/c1-10-5-11(2)7-13(6-10)15(18)17-9-12-3-4-14(16)8-12/h5-7,12,14H,3-4,8-9H2,1-2H3,(H,17,18). The van der Waals surface area contributed by atoms with Gasteiger partial charge in [0.15, 0.2) is 0 Å². The highest BCUT2D eigenvalue weighted by Gasteiger charge is 2.22. The minimum Gasteiger partial charge on any atom is -0.352 e. The van der Waals surface area contributed by atoms with Crippen LogP contribution in [0, 0.1) is 19.8 Å². The fourth-order valence-corrected chi connectivity index (χ4v) is 3.44. The Labute approximate surface area is 117 Å². The summed E-state index contributed by atoms with van der Waals surface area (Å²) in [5.74, 6) is 0.684. The molecule has 2 unspecified atom stereocenters. The predicted molar refractivity (Wildman–Crippen MR) is 78.3 cm³/mol. The first-order valence-electron chi connectivity index (χ1n) is 6.55. The average Bonchev–Trinajstić information content (AvgIpc) is 2.70. The lowest BCUT2D eigenvalue weighted by molar-refractivity contribution is 0.0947. The maximum absolute atomic E-state index is 12.1. The van der Waals surface area contributed by atoms with Crippen LogP contribution in [0.1, 0.15) is 40.7 Å². The Morgan fingerprint density at radius 3 is 2.50 bits per heavy atom. The van der Waals surface area contributed by atoms with Gasteiger partial charge in [-0.1, -0.05) is 33.1 Å². The molecule has 0 saturated heterocycles. The Balaban J connectivity index is 1.91. The van der Waals surface area contributed by atoms with E-state index in [1.165, 1.54) is 19.3 Å². The summed E-state index contributed by atoms with van der Waals surface area (Å²) in [7, 11) is 0. The van der Waals surface area contributed by atoms with E-state index in [4.69, 9.17) is 0 Å². The van der Waals surface area contributed by atoms with Crippen LogP contribution in [0.15, 0.2) is 18.2 Å². The molecule has 18 heavy (non-hydrogen) atoms. The molecule has 98 valence electrons. The van der Waals surface area contributed by atoms with Crippen LogP contribution in [0.5, 0.6) is 0 Å². The molecule has 1 N–H and O–H groups in total. The van der Waals surface area contributed by atoms with Gasteiger partial charge < -0.3 is 5.32 Å². The van der Waals surface area contributed by atoms with Gasteiger partial charge in [0.25, 0.3) is 5.91 Å². The monoisotopic (exact) mass is 309 g/mol. The summed E-state index contributed by atoms with van der Waals surface area (Å²) in [6.07, 6.45) is 3.61. The molecule has 1 aliphatic rings. The Hall–Kier alpha value is -0.830. The molecular weight excluding hydrogens is 290 g/mol. The van der Waals surface area contributed by atoms with Gasteiger partial charge in [0.2, 0.25) is 0 Å². The van der Waals surface area contributed by atoms with Crippen LogP contribution < -0.4 is 5.32 Å². The number of nitrogens with one attached hydrogen (secondary N) is 1. The highest BCUT2D eigenvalue weighted by Crippen LogP contribution is 2.30. The number of hydrogen-bond acceptors (Lipinski definition) is 1. The second kappa shape index (κ2) is 5.87. The van der Waals surface area contributed by atoms with E-state index in [2.05, 4.69) is 27.3 Å². The second-order valence-corrected chi connectivity index (χ2v) is 6.66. The average molecular weight is 310 g/mol. The summed E-state index contributed by atoms with van der Waals surface area (Å²) < 4.78 is 0. The van der Waals surface area contributed by atoms with Crippen molar-refractivity contribution in [3.8, 4) is 0 Å². The van der Waals surface area contributed by atoms with Crippen molar-refractivity contribution in [1.82, 2.24) is 5.32 Å². The van der Waals surface area contributed by atoms with Crippen molar-refractivity contribution in [1.29, 1.82) is 0 Å². The molecule has 1 aliphatic carbocycles. The highest BCUT2D eigenvalue weighted by atomic mass is 79.9. The molecule has 1 aromatic rings. The third-order valence-corrected chi connectivity index (χ3v) is 4.34. The molecule has 0 bridgehead atoms. The van der Waals surface area contributed by atoms with E-state index in [-0.39, 0.29) is 5.91 Å². The van der Waals surface area contributed by atoms with Crippen LogP contribution in [-0.4, -0.2) is 17.3 Å². The minimum atomic E-state index is 0.0554. The molecule has 0 aliphatic heterocycles. The van der Waals surface area contributed by atoms with Crippen LogP contribution >= 0.6 is 15.9 Å². The lowest BCUT2D eigenvalue weighted by Gasteiger charge is -2.11. The Kier molecular flexibility index (Phi) is 4.44. The van der Waals surface area contributed by atoms with Crippen molar-refractivity contribution in [2.75, 3.05) is 6.54 Å². The zero-order valence-corrected chi connectivity index (χ0v) is 12.6. The second-order valence-electron chi connectivity index (χ2n) is 5.36. The zero-order valence-electron chi connectivity index (χ0n) is 11.0. The number of carbonyl (C=O) groups is 1. The first kappa shape index (κ1) is 13.6. The number of aryl methyl sites for hydroxylation is 2. The number of rotatable bonds is 3. The molecule has 1 fully saturated rings. The summed E-state index contributed by atoms with van der Waals surface area (Å²) in [5.41, 5.74) is 3.06. The third kappa shape index (κ3) is 3.58. The van der Waals surface area contributed by atoms with Gasteiger partial charge in [-0.2, -0.15) is 0 Å². The number of benzene rings is 1. The molecule has 1 saturated carbocycles. The summed E-state index contributed by atoms with van der Waals surface area (Å²) in [6, 6.07) is 5.98. The molecule has 2 rings (SSSR count). The predicted octanol–water partition coefficient (Wildman–Crippen LogP) is 3.60. The van der Waals surface area contributed by atoms with Gasteiger partial charge in [0, 0.05) is 16.9 Å². The van der Waals surface area contributed by atoms with Crippen molar-refractivity contribution in [3.05, 3.63) is 34.9 Å². The minimum absolute atomic E-state index is 0.0554. The molecule has 1 amide bonds. The van der Waals surface area contributed by atoms with Crippen LogP contribution in [0.3, 0.4) is 0 Å². The number of amides is 1. The first-order valence-corrected chi connectivity index (χ1v) is 7.46. The van der Waals surface area contributed by atoms with Crippen LogP contribution in [0.4, 0.5) is 0 Å². The maximum Gasteiger partial charge on any atom is 0.251 e. The topological polar surface area (TPSA) is 29.1 Å².